The number of amides is 1. The van der Waals surface area contributed by atoms with E-state index in [1.165, 1.54) is 0 Å². The van der Waals surface area contributed by atoms with Gasteiger partial charge in [-0.2, -0.15) is 0 Å². The van der Waals surface area contributed by atoms with Gasteiger partial charge in [-0.3, -0.25) is 4.79 Å². The number of aryl methyl sites for hydroxylation is 2. The molecule has 1 unspecified atom stereocenters. The Bertz CT molecular complexity index is 460. The summed E-state index contributed by atoms with van der Waals surface area (Å²) in [6, 6.07) is 4.65. The van der Waals surface area contributed by atoms with Gasteiger partial charge >= 0.3 is 5.97 Å². The van der Waals surface area contributed by atoms with Crippen LogP contribution in [0.25, 0.3) is 0 Å². The first kappa shape index (κ1) is 15.2. The molecule has 1 rings (SSSR count). The molecule has 2 N–H and O–H groups in total. The maximum absolute atomic E-state index is 12.1. The van der Waals surface area contributed by atoms with Crippen molar-refractivity contribution in [1.82, 2.24) is 5.32 Å². The predicted molar refractivity (Wildman–Crippen MR) is 74.3 cm³/mol. The average molecular weight is 263 g/mol. The van der Waals surface area contributed by atoms with Gasteiger partial charge in [-0.25, -0.2) is 4.79 Å². The molecule has 0 aliphatic carbocycles. The van der Waals surface area contributed by atoms with Gasteiger partial charge < -0.3 is 10.4 Å². The second-order valence-electron chi connectivity index (χ2n) is 5.37. The molecule has 1 aromatic rings. The number of nitrogens with one attached hydrogen (secondary N) is 1. The van der Waals surface area contributed by atoms with Crippen molar-refractivity contribution in [3.8, 4) is 0 Å². The van der Waals surface area contributed by atoms with E-state index in [0.29, 0.717) is 12.0 Å². The third kappa shape index (κ3) is 4.73. The van der Waals surface area contributed by atoms with E-state index >= 15 is 0 Å². The van der Waals surface area contributed by atoms with Gasteiger partial charge in [0.25, 0.3) is 5.91 Å². The standard InChI is InChI=1S/C15H21NO3/c1-9(2)5-13(15(18)19)16-14(17)12-7-10(3)6-11(4)8-12/h6-9,13H,5H2,1-4H3,(H,16,17)(H,18,19). The molecule has 0 aromatic heterocycles. The maximum Gasteiger partial charge on any atom is 0.326 e. The lowest BCUT2D eigenvalue weighted by atomic mass is 10.0. The van der Waals surface area contributed by atoms with Crippen LogP contribution in [0.1, 0.15) is 41.8 Å². The number of carboxylic acid groups (broad SMARTS) is 1. The first-order valence-corrected chi connectivity index (χ1v) is 6.41. The summed E-state index contributed by atoms with van der Waals surface area (Å²) >= 11 is 0. The Hall–Kier alpha value is -1.84. The number of aliphatic carboxylic acids is 1. The Morgan fingerprint density at radius 1 is 1.16 bits per heavy atom. The molecule has 1 atom stereocenters. The van der Waals surface area contributed by atoms with Crippen LogP contribution in [-0.4, -0.2) is 23.0 Å². The summed E-state index contributed by atoms with van der Waals surface area (Å²) < 4.78 is 0. The first-order chi connectivity index (χ1) is 8.79. The molecule has 1 aromatic carbocycles. The highest BCUT2D eigenvalue weighted by Crippen LogP contribution is 2.10. The zero-order valence-corrected chi connectivity index (χ0v) is 11.9. The zero-order valence-electron chi connectivity index (χ0n) is 11.9. The third-order valence-electron chi connectivity index (χ3n) is 2.79. The van der Waals surface area contributed by atoms with Crippen LogP contribution < -0.4 is 5.32 Å². The summed E-state index contributed by atoms with van der Waals surface area (Å²) in [6.45, 7) is 7.68. The van der Waals surface area contributed by atoms with E-state index in [1.54, 1.807) is 12.1 Å². The van der Waals surface area contributed by atoms with Gasteiger partial charge in [0.1, 0.15) is 6.04 Å². The number of hydrogen-bond donors (Lipinski definition) is 2. The molecule has 0 aliphatic heterocycles. The minimum atomic E-state index is -0.994. The molecule has 0 spiro atoms. The number of hydrogen-bond acceptors (Lipinski definition) is 2. The van der Waals surface area contributed by atoms with E-state index in [2.05, 4.69) is 5.32 Å². The van der Waals surface area contributed by atoms with E-state index in [9.17, 15) is 9.59 Å². The molecule has 4 nitrogen and oxygen atoms in total. The van der Waals surface area contributed by atoms with Crippen molar-refractivity contribution in [3.05, 3.63) is 34.9 Å². The number of benzene rings is 1. The van der Waals surface area contributed by atoms with Crippen molar-refractivity contribution in [2.45, 2.75) is 40.2 Å². The highest BCUT2D eigenvalue weighted by Gasteiger charge is 2.21. The zero-order chi connectivity index (χ0) is 14.6. The normalized spacial score (nSPS) is 12.3. The van der Waals surface area contributed by atoms with Crippen LogP contribution in [0.2, 0.25) is 0 Å². The van der Waals surface area contributed by atoms with Crippen LogP contribution in [0.15, 0.2) is 18.2 Å². The Kier molecular flexibility index (Phi) is 5.10. The third-order valence-corrected chi connectivity index (χ3v) is 2.79. The second kappa shape index (κ2) is 6.36. The number of carbonyl (C=O) groups is 2. The summed E-state index contributed by atoms with van der Waals surface area (Å²) in [4.78, 5) is 23.2. The van der Waals surface area contributed by atoms with Crippen LogP contribution >= 0.6 is 0 Å². The SMILES string of the molecule is Cc1cc(C)cc(C(=O)NC(CC(C)C)C(=O)O)c1. The van der Waals surface area contributed by atoms with Crippen LogP contribution in [-0.2, 0) is 4.79 Å². The molecule has 4 heteroatoms. The van der Waals surface area contributed by atoms with Crippen LogP contribution in [0, 0.1) is 19.8 Å². The molecule has 19 heavy (non-hydrogen) atoms. The van der Waals surface area contributed by atoms with E-state index in [4.69, 9.17) is 5.11 Å². The highest BCUT2D eigenvalue weighted by molar-refractivity contribution is 5.96. The first-order valence-electron chi connectivity index (χ1n) is 6.41. The maximum atomic E-state index is 12.1. The predicted octanol–water partition coefficient (Wildman–Crippen LogP) is 2.53. The largest absolute Gasteiger partial charge is 0.480 e. The number of carboxylic acids is 1. The molecule has 1 amide bonds. The van der Waals surface area contributed by atoms with Crippen molar-refractivity contribution in [3.63, 3.8) is 0 Å². The van der Waals surface area contributed by atoms with Gasteiger partial charge in [0.15, 0.2) is 0 Å². The quantitative estimate of drug-likeness (QED) is 0.858. The lowest BCUT2D eigenvalue weighted by molar-refractivity contribution is -0.139. The smallest absolute Gasteiger partial charge is 0.326 e. The van der Waals surface area contributed by atoms with Crippen molar-refractivity contribution in [2.75, 3.05) is 0 Å². The van der Waals surface area contributed by atoms with Gasteiger partial charge in [0.05, 0.1) is 0 Å². The lowest BCUT2D eigenvalue weighted by Crippen LogP contribution is -2.41. The minimum absolute atomic E-state index is 0.209. The van der Waals surface area contributed by atoms with E-state index in [-0.39, 0.29) is 11.8 Å². The second-order valence-corrected chi connectivity index (χ2v) is 5.37. The van der Waals surface area contributed by atoms with E-state index < -0.39 is 12.0 Å². The monoisotopic (exact) mass is 263 g/mol. The Labute approximate surface area is 113 Å². The molecule has 0 radical (unpaired) electrons. The lowest BCUT2D eigenvalue weighted by Gasteiger charge is -2.16. The van der Waals surface area contributed by atoms with E-state index in [0.717, 1.165) is 11.1 Å². The molecule has 0 saturated heterocycles. The van der Waals surface area contributed by atoms with Crippen LogP contribution in [0.5, 0.6) is 0 Å². The fourth-order valence-electron chi connectivity index (χ4n) is 2.04. The topological polar surface area (TPSA) is 66.4 Å². The number of carbonyl (C=O) groups excluding carboxylic acids is 1. The van der Waals surface area contributed by atoms with Crippen molar-refractivity contribution >= 4 is 11.9 Å². The van der Waals surface area contributed by atoms with Crippen LogP contribution in [0.3, 0.4) is 0 Å². The fourth-order valence-corrected chi connectivity index (χ4v) is 2.04. The molecule has 0 aliphatic rings. The summed E-state index contributed by atoms with van der Waals surface area (Å²) in [5, 5.41) is 11.7. The molecule has 0 saturated carbocycles. The highest BCUT2D eigenvalue weighted by atomic mass is 16.4. The Morgan fingerprint density at radius 3 is 2.11 bits per heavy atom. The van der Waals surface area contributed by atoms with Gasteiger partial charge in [-0.05, 0) is 38.3 Å². The van der Waals surface area contributed by atoms with Crippen molar-refractivity contribution in [2.24, 2.45) is 5.92 Å². The minimum Gasteiger partial charge on any atom is -0.480 e. The summed E-state index contributed by atoms with van der Waals surface area (Å²) in [7, 11) is 0. The Balaban J connectivity index is 2.84. The van der Waals surface area contributed by atoms with Gasteiger partial charge in [0, 0.05) is 5.56 Å². The van der Waals surface area contributed by atoms with Crippen molar-refractivity contribution < 1.29 is 14.7 Å². The molecule has 104 valence electrons. The van der Waals surface area contributed by atoms with Gasteiger partial charge in [-0.1, -0.05) is 31.0 Å². The van der Waals surface area contributed by atoms with Crippen LogP contribution in [0.4, 0.5) is 0 Å². The summed E-state index contributed by atoms with van der Waals surface area (Å²) in [5.41, 5.74) is 2.48. The molecular weight excluding hydrogens is 242 g/mol. The molecule has 0 bridgehead atoms. The molecule has 0 heterocycles. The van der Waals surface area contributed by atoms with Crippen molar-refractivity contribution in [1.29, 1.82) is 0 Å². The van der Waals surface area contributed by atoms with Gasteiger partial charge in [-0.15, -0.1) is 0 Å². The summed E-state index contributed by atoms with van der Waals surface area (Å²) in [6.07, 6.45) is 0.422. The van der Waals surface area contributed by atoms with E-state index in [1.807, 2.05) is 33.8 Å². The summed E-state index contributed by atoms with van der Waals surface area (Å²) in [5.74, 6) is -1.12. The van der Waals surface area contributed by atoms with Gasteiger partial charge in [0.2, 0.25) is 0 Å². The molecule has 0 fully saturated rings. The molecular formula is C15H21NO3. The Morgan fingerprint density at radius 2 is 1.68 bits per heavy atom. The average Bonchev–Trinajstić information content (AvgIpc) is 2.25. The fraction of sp³-hybridized carbons (Fsp3) is 0.467. The number of rotatable bonds is 5.